The fourth-order valence-electron chi connectivity index (χ4n) is 4.57. The molecule has 1 unspecified atom stereocenters. The van der Waals surface area contributed by atoms with Crippen molar-refractivity contribution in [3.8, 4) is 0 Å². The van der Waals surface area contributed by atoms with Crippen molar-refractivity contribution in [1.29, 1.82) is 0 Å². The Hall–Kier alpha value is -1.35. The first-order valence-corrected chi connectivity index (χ1v) is 9.39. The lowest BCUT2D eigenvalue weighted by Crippen LogP contribution is -3.15. The molecule has 1 saturated heterocycles. The highest BCUT2D eigenvalue weighted by molar-refractivity contribution is 5.93. The lowest BCUT2D eigenvalue weighted by atomic mass is 9.75. The predicted octanol–water partition coefficient (Wildman–Crippen LogP) is 2.59. The van der Waals surface area contributed by atoms with Gasteiger partial charge in [-0.3, -0.25) is 4.79 Å². The molecule has 1 aromatic carbocycles. The zero-order valence-electron chi connectivity index (χ0n) is 14.7. The van der Waals surface area contributed by atoms with E-state index < -0.39 is 0 Å². The van der Waals surface area contributed by atoms with Crippen LogP contribution in [-0.2, 0) is 11.2 Å². The second kappa shape index (κ2) is 7.48. The van der Waals surface area contributed by atoms with Gasteiger partial charge in [0.15, 0.2) is 6.54 Å². The average Bonchev–Trinajstić information content (AvgIpc) is 2.56. The summed E-state index contributed by atoms with van der Waals surface area (Å²) < 4.78 is 0. The fraction of sp³-hybridized carbons (Fsp3) is 0.650. The number of hydrogen-bond donors (Lipinski definition) is 2. The first-order valence-electron chi connectivity index (χ1n) is 9.39. The summed E-state index contributed by atoms with van der Waals surface area (Å²) in [6.45, 7) is 7.22. The maximum atomic E-state index is 12.5. The summed E-state index contributed by atoms with van der Waals surface area (Å²) in [5.74, 6) is 1.99. The van der Waals surface area contributed by atoms with E-state index in [-0.39, 0.29) is 5.91 Å². The molecule has 3 nitrogen and oxygen atoms in total. The quantitative estimate of drug-likeness (QED) is 0.880. The molecule has 1 aromatic rings. The van der Waals surface area contributed by atoms with Crippen LogP contribution in [0.15, 0.2) is 18.2 Å². The molecule has 3 rings (SSSR count). The normalized spacial score (nSPS) is 27.3. The third-order valence-corrected chi connectivity index (χ3v) is 5.90. The molecule has 126 valence electrons. The van der Waals surface area contributed by atoms with Crippen molar-refractivity contribution in [3.05, 3.63) is 29.3 Å². The van der Waals surface area contributed by atoms with Crippen molar-refractivity contribution < 1.29 is 9.69 Å². The number of aryl methyl sites for hydroxylation is 2. The number of carbonyl (C=O) groups is 1. The summed E-state index contributed by atoms with van der Waals surface area (Å²) in [4.78, 5) is 14.0. The van der Waals surface area contributed by atoms with Gasteiger partial charge in [0.05, 0.1) is 13.1 Å². The second-order valence-corrected chi connectivity index (χ2v) is 7.48. The van der Waals surface area contributed by atoms with Crippen molar-refractivity contribution in [2.24, 2.45) is 11.8 Å². The van der Waals surface area contributed by atoms with Crippen molar-refractivity contribution in [2.45, 2.75) is 52.4 Å². The summed E-state index contributed by atoms with van der Waals surface area (Å²) >= 11 is 0. The Morgan fingerprint density at radius 1 is 1.22 bits per heavy atom. The SMILES string of the molecule is CCc1cccc(C)c1NC(=O)C[NH+]1CC[C@H]2CCCC[C@@H]2C1. The van der Waals surface area contributed by atoms with Crippen LogP contribution in [-0.4, -0.2) is 25.5 Å². The van der Waals surface area contributed by atoms with E-state index in [0.717, 1.165) is 23.9 Å². The number of quaternary nitrogens is 1. The summed E-state index contributed by atoms with van der Waals surface area (Å²) in [5, 5.41) is 3.19. The molecule has 1 saturated carbocycles. The average molecular weight is 315 g/mol. The van der Waals surface area contributed by atoms with Gasteiger partial charge in [0.1, 0.15) is 0 Å². The van der Waals surface area contributed by atoms with Gasteiger partial charge in [-0.25, -0.2) is 0 Å². The highest BCUT2D eigenvalue weighted by atomic mass is 16.2. The van der Waals surface area contributed by atoms with E-state index in [4.69, 9.17) is 0 Å². The molecule has 3 atom stereocenters. The van der Waals surface area contributed by atoms with E-state index in [9.17, 15) is 4.79 Å². The molecule has 0 bridgehead atoms. The van der Waals surface area contributed by atoms with Crippen LogP contribution in [0.1, 0.15) is 50.2 Å². The number of amides is 1. The molecule has 2 N–H and O–H groups in total. The molecule has 1 amide bonds. The van der Waals surface area contributed by atoms with Gasteiger partial charge in [-0.05, 0) is 49.7 Å². The molecule has 1 aliphatic heterocycles. The molecule has 0 spiro atoms. The Kier molecular flexibility index (Phi) is 5.37. The van der Waals surface area contributed by atoms with Crippen LogP contribution in [0.2, 0.25) is 0 Å². The number of piperidine rings is 1. The maximum Gasteiger partial charge on any atom is 0.279 e. The molecule has 0 aromatic heterocycles. The van der Waals surface area contributed by atoms with Gasteiger partial charge in [-0.15, -0.1) is 0 Å². The first-order chi connectivity index (χ1) is 11.2. The molecule has 1 heterocycles. The molecule has 23 heavy (non-hydrogen) atoms. The first kappa shape index (κ1) is 16.5. The highest BCUT2D eigenvalue weighted by Gasteiger charge is 2.34. The van der Waals surface area contributed by atoms with E-state index in [1.807, 2.05) is 0 Å². The fourth-order valence-corrected chi connectivity index (χ4v) is 4.57. The van der Waals surface area contributed by atoms with Crippen LogP contribution in [0.25, 0.3) is 0 Å². The zero-order chi connectivity index (χ0) is 16.2. The largest absolute Gasteiger partial charge is 0.327 e. The van der Waals surface area contributed by atoms with E-state index in [1.165, 1.54) is 61.2 Å². The van der Waals surface area contributed by atoms with Gasteiger partial charge >= 0.3 is 0 Å². The molecule has 3 heteroatoms. The molecular formula is C20H31N2O+. The minimum atomic E-state index is 0.179. The zero-order valence-corrected chi connectivity index (χ0v) is 14.7. The van der Waals surface area contributed by atoms with Gasteiger partial charge in [0.25, 0.3) is 5.91 Å². The molecule has 2 aliphatic rings. The lowest BCUT2D eigenvalue weighted by Gasteiger charge is -2.38. The Balaban J connectivity index is 1.58. The van der Waals surface area contributed by atoms with Gasteiger partial charge in [0.2, 0.25) is 0 Å². The third-order valence-electron chi connectivity index (χ3n) is 5.90. The van der Waals surface area contributed by atoms with Gasteiger partial charge in [-0.1, -0.05) is 38.0 Å². The summed E-state index contributed by atoms with van der Waals surface area (Å²) in [7, 11) is 0. The van der Waals surface area contributed by atoms with Gasteiger partial charge in [-0.2, -0.15) is 0 Å². The van der Waals surface area contributed by atoms with Crippen LogP contribution in [0.3, 0.4) is 0 Å². The minimum absolute atomic E-state index is 0.179. The molecular weight excluding hydrogens is 284 g/mol. The van der Waals surface area contributed by atoms with Crippen LogP contribution in [0, 0.1) is 18.8 Å². The van der Waals surface area contributed by atoms with Crippen LogP contribution < -0.4 is 10.2 Å². The standard InChI is InChI=1S/C20H30N2O/c1-3-16-10-6-7-15(2)20(16)21-19(23)14-22-12-11-17-8-4-5-9-18(17)13-22/h6-7,10,17-18H,3-5,8-9,11-14H2,1-2H3,(H,21,23)/p+1/t17-,18-/m1/s1. The van der Waals surface area contributed by atoms with Crippen LogP contribution >= 0.6 is 0 Å². The Morgan fingerprint density at radius 3 is 2.78 bits per heavy atom. The number of nitrogens with one attached hydrogen (secondary N) is 2. The van der Waals surface area contributed by atoms with E-state index in [1.54, 1.807) is 0 Å². The summed E-state index contributed by atoms with van der Waals surface area (Å²) in [5.41, 5.74) is 3.44. The Morgan fingerprint density at radius 2 is 2.00 bits per heavy atom. The minimum Gasteiger partial charge on any atom is -0.327 e. The van der Waals surface area contributed by atoms with Crippen molar-refractivity contribution >= 4 is 11.6 Å². The highest BCUT2D eigenvalue weighted by Crippen LogP contribution is 2.32. The Labute approximate surface area is 140 Å². The predicted molar refractivity (Wildman–Crippen MR) is 94.8 cm³/mol. The lowest BCUT2D eigenvalue weighted by molar-refractivity contribution is -0.902. The van der Waals surface area contributed by atoms with Crippen molar-refractivity contribution in [1.82, 2.24) is 0 Å². The number of likely N-dealkylation sites (tertiary alicyclic amines) is 1. The smallest absolute Gasteiger partial charge is 0.279 e. The van der Waals surface area contributed by atoms with E-state index >= 15 is 0 Å². The van der Waals surface area contributed by atoms with Gasteiger partial charge < -0.3 is 10.2 Å². The monoisotopic (exact) mass is 315 g/mol. The topological polar surface area (TPSA) is 33.5 Å². The van der Waals surface area contributed by atoms with Crippen molar-refractivity contribution in [3.63, 3.8) is 0 Å². The molecule has 2 fully saturated rings. The number of fused-ring (bicyclic) bond motifs is 1. The molecule has 1 aliphatic carbocycles. The number of carbonyl (C=O) groups excluding carboxylic acids is 1. The summed E-state index contributed by atoms with van der Waals surface area (Å²) in [6, 6.07) is 6.26. The molecule has 0 radical (unpaired) electrons. The third kappa shape index (κ3) is 3.95. The van der Waals surface area contributed by atoms with Gasteiger partial charge in [0, 0.05) is 11.6 Å². The second-order valence-electron chi connectivity index (χ2n) is 7.48. The van der Waals surface area contributed by atoms with E-state index in [2.05, 4.69) is 37.4 Å². The maximum absolute atomic E-state index is 12.5. The Bertz CT molecular complexity index is 555. The number of rotatable bonds is 4. The number of benzene rings is 1. The number of para-hydroxylation sites is 1. The van der Waals surface area contributed by atoms with E-state index in [0.29, 0.717) is 6.54 Å². The number of hydrogen-bond acceptors (Lipinski definition) is 1. The van der Waals surface area contributed by atoms with Crippen LogP contribution in [0.5, 0.6) is 0 Å². The van der Waals surface area contributed by atoms with Crippen LogP contribution in [0.4, 0.5) is 5.69 Å². The number of anilines is 1. The summed E-state index contributed by atoms with van der Waals surface area (Å²) in [6.07, 6.45) is 7.89. The van der Waals surface area contributed by atoms with Crippen molar-refractivity contribution in [2.75, 3.05) is 25.0 Å².